The summed E-state index contributed by atoms with van der Waals surface area (Å²) in [6.07, 6.45) is 3.98. The van der Waals surface area contributed by atoms with Crippen molar-refractivity contribution in [3.05, 3.63) is 59.8 Å². The molecule has 0 radical (unpaired) electrons. The number of nitrogens with zero attached hydrogens (tertiary/aromatic N) is 4. The third kappa shape index (κ3) is 3.36. The number of aromatic amines is 1. The topological polar surface area (TPSA) is 59.0 Å². The van der Waals surface area contributed by atoms with Gasteiger partial charge in [-0.1, -0.05) is 30.3 Å². The number of hydrogen-bond donors (Lipinski definition) is 1. The smallest absolute Gasteiger partial charge is 0.139 e. The molecule has 0 unspecified atom stereocenters. The Morgan fingerprint density at radius 1 is 1.28 bits per heavy atom. The molecule has 0 aliphatic carbocycles. The third-order valence-electron chi connectivity index (χ3n) is 4.65. The Hall–Kier alpha value is -2.44. The third-order valence-corrected chi connectivity index (χ3v) is 4.65. The molecule has 1 N–H and O–H groups in total. The fraction of sp³-hybridized carbons (Fsp3) is 0.368. The summed E-state index contributed by atoms with van der Waals surface area (Å²) in [5.74, 6) is 0.998. The van der Waals surface area contributed by atoms with E-state index in [-0.39, 0.29) is 6.10 Å². The van der Waals surface area contributed by atoms with Crippen molar-refractivity contribution in [2.45, 2.75) is 19.6 Å². The average molecular weight is 337 g/mol. The SMILES string of the molecule is Cc1cn(C)c([C@@H]2CN(Cc3cn[nH]c3-c3ccccc3)CCO2)n1. The van der Waals surface area contributed by atoms with E-state index in [1.54, 1.807) is 0 Å². The van der Waals surface area contributed by atoms with Crippen LogP contribution in [0, 0.1) is 6.92 Å². The van der Waals surface area contributed by atoms with Gasteiger partial charge in [-0.15, -0.1) is 0 Å². The normalized spacial score (nSPS) is 18.6. The molecule has 3 heterocycles. The molecule has 0 amide bonds. The maximum Gasteiger partial charge on any atom is 0.139 e. The second kappa shape index (κ2) is 6.82. The summed E-state index contributed by atoms with van der Waals surface area (Å²) in [6, 6.07) is 10.3. The predicted octanol–water partition coefficient (Wildman–Crippen LogP) is 2.69. The molecule has 25 heavy (non-hydrogen) atoms. The number of hydrogen-bond acceptors (Lipinski definition) is 4. The van der Waals surface area contributed by atoms with Crippen LogP contribution >= 0.6 is 0 Å². The van der Waals surface area contributed by atoms with Crippen LogP contribution in [0.4, 0.5) is 0 Å². The minimum absolute atomic E-state index is 0.0135. The van der Waals surface area contributed by atoms with Gasteiger partial charge in [-0.05, 0) is 12.5 Å². The van der Waals surface area contributed by atoms with Crippen molar-refractivity contribution < 1.29 is 4.74 Å². The van der Waals surface area contributed by atoms with Crippen LogP contribution in [0.1, 0.15) is 23.2 Å². The number of aryl methyl sites for hydroxylation is 2. The van der Waals surface area contributed by atoms with Gasteiger partial charge in [0.15, 0.2) is 0 Å². The van der Waals surface area contributed by atoms with Crippen LogP contribution in [0.2, 0.25) is 0 Å². The van der Waals surface area contributed by atoms with Gasteiger partial charge in [-0.2, -0.15) is 5.10 Å². The van der Waals surface area contributed by atoms with Crippen LogP contribution < -0.4 is 0 Å². The van der Waals surface area contributed by atoms with E-state index in [2.05, 4.69) is 36.8 Å². The quantitative estimate of drug-likeness (QED) is 0.795. The Bertz CT molecular complexity index is 839. The van der Waals surface area contributed by atoms with Gasteiger partial charge >= 0.3 is 0 Å². The van der Waals surface area contributed by atoms with Crippen molar-refractivity contribution >= 4 is 0 Å². The molecule has 130 valence electrons. The highest BCUT2D eigenvalue weighted by atomic mass is 16.5. The number of imidazole rings is 1. The van der Waals surface area contributed by atoms with Gasteiger partial charge in [0, 0.05) is 38.4 Å². The molecule has 0 spiro atoms. The van der Waals surface area contributed by atoms with Crippen LogP contribution in [0.3, 0.4) is 0 Å². The van der Waals surface area contributed by atoms with Gasteiger partial charge in [0.2, 0.25) is 0 Å². The maximum atomic E-state index is 5.97. The van der Waals surface area contributed by atoms with Gasteiger partial charge in [0.25, 0.3) is 0 Å². The molecule has 1 aliphatic rings. The zero-order chi connectivity index (χ0) is 17.2. The van der Waals surface area contributed by atoms with E-state index in [4.69, 9.17) is 4.74 Å². The monoisotopic (exact) mass is 337 g/mol. The molecule has 1 saturated heterocycles. The van der Waals surface area contributed by atoms with Gasteiger partial charge in [-0.3, -0.25) is 10.00 Å². The molecule has 3 aromatic rings. The summed E-state index contributed by atoms with van der Waals surface area (Å²) >= 11 is 0. The van der Waals surface area contributed by atoms with Crippen molar-refractivity contribution in [3.63, 3.8) is 0 Å². The Labute approximate surface area is 147 Å². The molecule has 1 aromatic carbocycles. The molecule has 0 bridgehead atoms. The standard InChI is InChI=1S/C19H23N5O/c1-14-11-23(2)19(21-14)17-13-24(8-9-25-17)12-16-10-20-22-18(16)15-6-4-3-5-7-15/h3-7,10-11,17H,8-9,12-13H2,1-2H3,(H,20,22)/t17-/m0/s1. The first-order valence-corrected chi connectivity index (χ1v) is 8.62. The fourth-order valence-corrected chi connectivity index (χ4v) is 3.46. The highest BCUT2D eigenvalue weighted by Crippen LogP contribution is 2.26. The number of H-pyrrole nitrogens is 1. The Balaban J connectivity index is 1.50. The highest BCUT2D eigenvalue weighted by Gasteiger charge is 2.26. The van der Waals surface area contributed by atoms with Gasteiger partial charge in [0.1, 0.15) is 11.9 Å². The summed E-state index contributed by atoms with van der Waals surface area (Å²) in [6.45, 7) is 5.34. The van der Waals surface area contributed by atoms with Crippen LogP contribution in [0.25, 0.3) is 11.3 Å². The van der Waals surface area contributed by atoms with E-state index in [0.717, 1.165) is 43.5 Å². The van der Waals surface area contributed by atoms with Crippen molar-refractivity contribution in [3.8, 4) is 11.3 Å². The van der Waals surface area contributed by atoms with Gasteiger partial charge in [0.05, 0.1) is 24.2 Å². The van der Waals surface area contributed by atoms with E-state index in [0.29, 0.717) is 0 Å². The Morgan fingerprint density at radius 3 is 2.88 bits per heavy atom. The minimum Gasteiger partial charge on any atom is -0.368 e. The zero-order valence-corrected chi connectivity index (χ0v) is 14.6. The number of aromatic nitrogens is 4. The number of nitrogens with one attached hydrogen (secondary N) is 1. The largest absolute Gasteiger partial charge is 0.368 e. The van der Waals surface area contributed by atoms with Gasteiger partial charge in [-0.25, -0.2) is 4.98 Å². The van der Waals surface area contributed by atoms with Crippen molar-refractivity contribution in [1.82, 2.24) is 24.6 Å². The first-order chi connectivity index (χ1) is 12.2. The lowest BCUT2D eigenvalue weighted by Crippen LogP contribution is -2.38. The molecule has 1 atom stereocenters. The molecule has 1 aliphatic heterocycles. The highest BCUT2D eigenvalue weighted by molar-refractivity contribution is 5.62. The summed E-state index contributed by atoms with van der Waals surface area (Å²) in [5.41, 5.74) is 4.50. The zero-order valence-electron chi connectivity index (χ0n) is 14.6. The second-order valence-electron chi connectivity index (χ2n) is 6.58. The molecule has 4 rings (SSSR count). The molecule has 2 aromatic heterocycles. The number of rotatable bonds is 4. The average Bonchev–Trinajstić information content (AvgIpc) is 3.22. The van der Waals surface area contributed by atoms with Crippen molar-refractivity contribution in [1.29, 1.82) is 0 Å². The maximum absolute atomic E-state index is 5.97. The number of morpholine rings is 1. The molecule has 0 saturated carbocycles. The first kappa shape index (κ1) is 16.1. The summed E-state index contributed by atoms with van der Waals surface area (Å²) < 4.78 is 8.04. The van der Waals surface area contributed by atoms with E-state index < -0.39 is 0 Å². The lowest BCUT2D eigenvalue weighted by Gasteiger charge is -2.32. The molecule has 6 nitrogen and oxygen atoms in total. The van der Waals surface area contributed by atoms with Crippen LogP contribution in [0.15, 0.2) is 42.7 Å². The minimum atomic E-state index is 0.0135. The van der Waals surface area contributed by atoms with E-state index >= 15 is 0 Å². The van der Waals surface area contributed by atoms with Crippen molar-refractivity contribution in [2.75, 3.05) is 19.7 Å². The second-order valence-corrected chi connectivity index (χ2v) is 6.58. The van der Waals surface area contributed by atoms with E-state index in [1.807, 2.05) is 44.6 Å². The van der Waals surface area contributed by atoms with E-state index in [9.17, 15) is 0 Å². The molecular formula is C19H23N5O. The number of benzene rings is 1. The Kier molecular flexibility index (Phi) is 4.38. The molecule has 1 fully saturated rings. The van der Waals surface area contributed by atoms with E-state index in [1.165, 1.54) is 11.1 Å². The lowest BCUT2D eigenvalue weighted by molar-refractivity contribution is -0.0383. The number of ether oxygens (including phenoxy) is 1. The van der Waals surface area contributed by atoms with Crippen molar-refractivity contribution in [2.24, 2.45) is 7.05 Å². The summed E-state index contributed by atoms with van der Waals surface area (Å²) in [4.78, 5) is 7.04. The summed E-state index contributed by atoms with van der Waals surface area (Å²) in [7, 11) is 2.03. The molecule has 6 heteroatoms. The molecular weight excluding hydrogens is 314 g/mol. The predicted molar refractivity (Wildman–Crippen MR) is 95.9 cm³/mol. The first-order valence-electron chi connectivity index (χ1n) is 8.62. The van der Waals surface area contributed by atoms with Crippen LogP contribution in [-0.2, 0) is 18.3 Å². The fourth-order valence-electron chi connectivity index (χ4n) is 3.46. The van der Waals surface area contributed by atoms with Crippen LogP contribution in [0.5, 0.6) is 0 Å². The lowest BCUT2D eigenvalue weighted by atomic mass is 10.1. The van der Waals surface area contributed by atoms with Gasteiger partial charge < -0.3 is 9.30 Å². The van der Waals surface area contributed by atoms with Crippen LogP contribution in [-0.4, -0.2) is 44.3 Å². The summed E-state index contributed by atoms with van der Waals surface area (Å²) in [5, 5.41) is 7.40. The Morgan fingerprint density at radius 2 is 2.12 bits per heavy atom.